The molecule has 0 aromatic heterocycles. The molecule has 4 unspecified atom stereocenters. The van der Waals surface area contributed by atoms with Gasteiger partial charge in [0, 0.05) is 0 Å². The summed E-state index contributed by atoms with van der Waals surface area (Å²) in [6.07, 6.45) is 1.02. The van der Waals surface area contributed by atoms with Crippen molar-refractivity contribution in [3.63, 3.8) is 0 Å². The maximum atomic E-state index is 11.1. The van der Waals surface area contributed by atoms with E-state index in [1.165, 1.54) is 0 Å². The molecule has 0 amide bonds. The topological polar surface area (TPSA) is 74.6 Å². The highest BCUT2D eigenvalue weighted by atomic mass is 32.2. The fourth-order valence-electron chi connectivity index (χ4n) is 1.66. The highest BCUT2D eigenvalue weighted by molar-refractivity contribution is 7.80. The molecule has 0 aliphatic heterocycles. The first-order valence-electron chi connectivity index (χ1n) is 5.46. The molecule has 0 aliphatic carbocycles. The van der Waals surface area contributed by atoms with E-state index in [-0.39, 0.29) is 22.3 Å². The Balaban J connectivity index is 4.38. The molecule has 0 aromatic carbocycles. The summed E-state index contributed by atoms with van der Waals surface area (Å²) in [6.45, 7) is 7.55. The molecule has 0 saturated carbocycles. The Morgan fingerprint density at radius 3 is 1.19 bits per heavy atom. The van der Waals surface area contributed by atoms with E-state index < -0.39 is 22.2 Å². The van der Waals surface area contributed by atoms with Crippen LogP contribution in [0.3, 0.4) is 0 Å². The summed E-state index contributed by atoms with van der Waals surface area (Å²) < 4.78 is 40.3. The third kappa shape index (κ3) is 5.52. The molecule has 98 valence electrons. The molecule has 0 radical (unpaired) electrons. The van der Waals surface area contributed by atoms with Crippen LogP contribution in [-0.4, -0.2) is 28.0 Å². The first-order valence-corrected chi connectivity index (χ1v) is 7.80. The van der Waals surface area contributed by atoms with E-state index in [2.05, 4.69) is 0 Å². The monoisotopic (exact) mass is 270 g/mol. The van der Waals surface area contributed by atoms with Crippen LogP contribution in [-0.2, 0) is 22.2 Å². The van der Waals surface area contributed by atoms with Crippen molar-refractivity contribution in [1.29, 1.82) is 0 Å². The average molecular weight is 270 g/mol. The van der Waals surface area contributed by atoms with Crippen molar-refractivity contribution in [2.75, 3.05) is 0 Å². The molecule has 0 saturated heterocycles. The van der Waals surface area contributed by atoms with E-state index in [0.717, 1.165) is 0 Å². The van der Waals surface area contributed by atoms with Gasteiger partial charge in [-0.3, -0.25) is 0 Å². The summed E-state index contributed by atoms with van der Waals surface area (Å²) in [6, 6.07) is 0. The van der Waals surface area contributed by atoms with Gasteiger partial charge in [0.2, 0.25) is 0 Å². The minimum atomic E-state index is -1.86. The molecule has 2 N–H and O–H groups in total. The molecule has 0 heterocycles. The minimum absolute atomic E-state index is 0.103. The smallest absolute Gasteiger partial charge is 0.156 e. The van der Waals surface area contributed by atoms with E-state index >= 15 is 0 Å². The van der Waals surface area contributed by atoms with Crippen molar-refractivity contribution in [3.05, 3.63) is 0 Å². The van der Waals surface area contributed by atoms with Gasteiger partial charge in [0.1, 0.15) is 0 Å². The Labute approximate surface area is 103 Å². The molecule has 6 heteroatoms. The van der Waals surface area contributed by atoms with Gasteiger partial charge in [-0.25, -0.2) is 8.42 Å². The molecular weight excluding hydrogens is 248 g/mol. The zero-order chi connectivity index (χ0) is 12.9. The molecule has 0 spiro atoms. The molecular formula is C10H22O4S2. The van der Waals surface area contributed by atoms with E-state index in [4.69, 9.17) is 9.11 Å². The minimum Gasteiger partial charge on any atom is -0.306 e. The molecule has 4 atom stereocenters. The van der Waals surface area contributed by atoms with Crippen LogP contribution in [0.5, 0.6) is 0 Å². The zero-order valence-corrected chi connectivity index (χ0v) is 11.9. The lowest BCUT2D eigenvalue weighted by Gasteiger charge is -2.21. The van der Waals surface area contributed by atoms with Crippen LogP contribution in [0.2, 0.25) is 0 Å². The van der Waals surface area contributed by atoms with Crippen molar-refractivity contribution >= 4 is 22.2 Å². The Morgan fingerprint density at radius 2 is 1.06 bits per heavy atom. The quantitative estimate of drug-likeness (QED) is 0.696. The summed E-state index contributed by atoms with van der Waals surface area (Å²) in [7, 11) is 0. The molecule has 0 rings (SSSR count). The van der Waals surface area contributed by atoms with Gasteiger partial charge in [-0.1, -0.05) is 27.7 Å². The van der Waals surface area contributed by atoms with Crippen LogP contribution in [0.15, 0.2) is 0 Å². The summed E-state index contributed by atoms with van der Waals surface area (Å²) in [4.78, 5) is 0. The van der Waals surface area contributed by atoms with E-state index in [1.807, 2.05) is 27.7 Å². The van der Waals surface area contributed by atoms with E-state index in [9.17, 15) is 8.42 Å². The van der Waals surface area contributed by atoms with E-state index in [0.29, 0.717) is 12.8 Å². The predicted molar refractivity (Wildman–Crippen MR) is 68.0 cm³/mol. The Hall–Kier alpha value is 0.220. The normalized spacial score (nSPS) is 19.8. The first kappa shape index (κ1) is 16.2. The molecule has 16 heavy (non-hydrogen) atoms. The Kier molecular flexibility index (Phi) is 7.63. The van der Waals surface area contributed by atoms with Gasteiger partial charge < -0.3 is 9.11 Å². The van der Waals surface area contributed by atoms with E-state index in [1.54, 1.807) is 0 Å². The third-order valence-electron chi connectivity index (χ3n) is 2.74. The number of hydrogen-bond donors (Lipinski definition) is 2. The van der Waals surface area contributed by atoms with Crippen LogP contribution >= 0.6 is 0 Å². The summed E-state index contributed by atoms with van der Waals surface area (Å²) >= 11 is -3.71. The lowest BCUT2D eigenvalue weighted by atomic mass is 10.00. The Morgan fingerprint density at radius 1 is 0.812 bits per heavy atom. The molecule has 0 aliphatic rings. The lowest BCUT2D eigenvalue weighted by Crippen LogP contribution is -2.27. The van der Waals surface area contributed by atoms with Gasteiger partial charge in [0.15, 0.2) is 22.2 Å². The van der Waals surface area contributed by atoms with Crippen molar-refractivity contribution in [3.8, 4) is 0 Å². The maximum Gasteiger partial charge on any atom is 0.156 e. The van der Waals surface area contributed by atoms with Crippen molar-refractivity contribution in [2.45, 2.75) is 51.0 Å². The fourth-order valence-corrected chi connectivity index (χ4v) is 3.27. The van der Waals surface area contributed by atoms with Crippen molar-refractivity contribution < 1.29 is 17.5 Å². The highest BCUT2D eigenvalue weighted by Gasteiger charge is 2.25. The average Bonchev–Trinajstić information content (AvgIpc) is 2.09. The summed E-state index contributed by atoms with van der Waals surface area (Å²) in [5.41, 5.74) is 0. The van der Waals surface area contributed by atoms with Gasteiger partial charge >= 0.3 is 0 Å². The number of hydrogen-bond acceptors (Lipinski definition) is 2. The van der Waals surface area contributed by atoms with Crippen LogP contribution in [0.25, 0.3) is 0 Å². The molecule has 0 fully saturated rings. The standard InChI is InChI=1S/C10H22O4S2/c1-7(2)9(15(11)12)5-6-10(8(3)4)16(13)14/h7-10H,5-6H2,1-4H3,(H,11,12)(H,13,14). The summed E-state index contributed by atoms with van der Waals surface area (Å²) in [5, 5.41) is -0.630. The van der Waals surface area contributed by atoms with Crippen LogP contribution in [0, 0.1) is 11.8 Å². The maximum absolute atomic E-state index is 11.1. The van der Waals surface area contributed by atoms with Gasteiger partial charge in [-0.05, 0) is 24.7 Å². The predicted octanol–water partition coefficient (Wildman–Crippen LogP) is 2.26. The molecule has 4 nitrogen and oxygen atoms in total. The Bertz CT molecular complexity index is 227. The van der Waals surface area contributed by atoms with Gasteiger partial charge in [-0.2, -0.15) is 0 Å². The second kappa shape index (κ2) is 7.53. The van der Waals surface area contributed by atoms with Gasteiger partial charge in [0.05, 0.1) is 10.5 Å². The second-order valence-corrected chi connectivity index (χ2v) is 7.01. The van der Waals surface area contributed by atoms with Gasteiger partial charge in [0.25, 0.3) is 0 Å². The zero-order valence-electron chi connectivity index (χ0n) is 10.3. The lowest BCUT2D eigenvalue weighted by molar-refractivity contribution is 0.445. The van der Waals surface area contributed by atoms with Crippen LogP contribution < -0.4 is 0 Å². The number of rotatable bonds is 7. The largest absolute Gasteiger partial charge is 0.306 e. The highest BCUT2D eigenvalue weighted by Crippen LogP contribution is 2.20. The third-order valence-corrected chi connectivity index (χ3v) is 5.34. The SMILES string of the molecule is CC(C)C(CCC(C(C)C)S(=O)O)S(=O)O. The summed E-state index contributed by atoms with van der Waals surface area (Å²) in [5.74, 6) is 0.205. The fraction of sp³-hybridized carbons (Fsp3) is 1.00. The van der Waals surface area contributed by atoms with Crippen LogP contribution in [0.1, 0.15) is 40.5 Å². The molecule has 0 bridgehead atoms. The second-order valence-electron chi connectivity index (χ2n) is 4.69. The van der Waals surface area contributed by atoms with Crippen molar-refractivity contribution in [1.82, 2.24) is 0 Å². The van der Waals surface area contributed by atoms with Gasteiger partial charge in [-0.15, -0.1) is 0 Å². The van der Waals surface area contributed by atoms with Crippen molar-refractivity contribution in [2.24, 2.45) is 11.8 Å². The first-order chi connectivity index (χ1) is 7.27. The van der Waals surface area contributed by atoms with Crippen LogP contribution in [0.4, 0.5) is 0 Å². The molecule has 0 aromatic rings.